The number of fused-ring (bicyclic) bond motifs is 1. The molecule has 0 spiro atoms. The normalized spacial score (nSPS) is 11.0. The van der Waals surface area contributed by atoms with Crippen LogP contribution in [0, 0.1) is 12.7 Å². The van der Waals surface area contributed by atoms with Gasteiger partial charge in [-0.2, -0.15) is 5.10 Å². The van der Waals surface area contributed by atoms with Crippen LogP contribution in [-0.2, 0) is 4.79 Å². The lowest BCUT2D eigenvalue weighted by atomic mass is 10.3. The van der Waals surface area contributed by atoms with Gasteiger partial charge in [-0.25, -0.2) is 9.07 Å². The summed E-state index contributed by atoms with van der Waals surface area (Å²) in [4.78, 5) is 27.9. The van der Waals surface area contributed by atoms with Crippen molar-refractivity contribution in [2.24, 2.45) is 0 Å². The lowest BCUT2D eigenvalue weighted by Gasteiger charge is -2.16. The first kappa shape index (κ1) is 21.0. The zero-order valence-corrected chi connectivity index (χ0v) is 18.3. The molecule has 2 amide bonds. The quantitative estimate of drug-likeness (QED) is 0.464. The summed E-state index contributed by atoms with van der Waals surface area (Å²) in [6.45, 7) is 1.74. The van der Waals surface area contributed by atoms with Crippen LogP contribution in [0.4, 0.5) is 10.1 Å². The molecule has 2 heterocycles. The van der Waals surface area contributed by atoms with Crippen molar-refractivity contribution in [2.45, 2.75) is 6.92 Å². The third kappa shape index (κ3) is 4.45. The van der Waals surface area contributed by atoms with E-state index in [0.29, 0.717) is 21.3 Å². The van der Waals surface area contributed by atoms with Crippen LogP contribution >= 0.6 is 22.9 Å². The molecule has 0 fully saturated rings. The number of aromatic nitrogens is 2. The van der Waals surface area contributed by atoms with E-state index in [1.165, 1.54) is 28.4 Å². The number of nitrogens with zero attached hydrogens (tertiary/aromatic N) is 3. The molecule has 6 nitrogen and oxygen atoms in total. The first-order valence-electron chi connectivity index (χ1n) is 9.38. The number of aryl methyl sites for hydroxylation is 1. The highest BCUT2D eigenvalue weighted by Crippen LogP contribution is 2.31. The van der Waals surface area contributed by atoms with Crippen LogP contribution in [-0.4, -0.2) is 40.1 Å². The molecule has 158 valence electrons. The van der Waals surface area contributed by atoms with Gasteiger partial charge in [0.15, 0.2) is 0 Å². The molecule has 4 aromatic rings. The molecule has 0 aliphatic carbocycles. The molecule has 2 aromatic heterocycles. The predicted molar refractivity (Wildman–Crippen MR) is 121 cm³/mol. The lowest BCUT2D eigenvalue weighted by molar-refractivity contribution is -0.116. The van der Waals surface area contributed by atoms with Gasteiger partial charge in [0.25, 0.3) is 5.91 Å². The number of likely N-dealkylation sites (N-methyl/N-ethyl adjacent to an activating group) is 1. The van der Waals surface area contributed by atoms with Gasteiger partial charge in [0.2, 0.25) is 5.91 Å². The SMILES string of the molecule is Cc1nn(-c2ccc(F)cc2)c2sc(C(=O)N(C)CC(=O)Nc3cccc(Cl)c3)cc12. The summed E-state index contributed by atoms with van der Waals surface area (Å²) in [6, 6.07) is 14.6. The second-order valence-electron chi connectivity index (χ2n) is 7.02. The van der Waals surface area contributed by atoms with Crippen LogP contribution in [0.3, 0.4) is 0 Å². The largest absolute Gasteiger partial charge is 0.332 e. The summed E-state index contributed by atoms with van der Waals surface area (Å²) in [5.74, 6) is -0.927. The predicted octanol–water partition coefficient (Wildman–Crippen LogP) is 4.90. The Morgan fingerprint density at radius 1 is 1.19 bits per heavy atom. The second kappa shape index (κ2) is 8.49. The van der Waals surface area contributed by atoms with Gasteiger partial charge in [-0.05, 0) is 55.5 Å². The highest BCUT2D eigenvalue weighted by Gasteiger charge is 2.21. The number of benzene rings is 2. The van der Waals surface area contributed by atoms with Gasteiger partial charge in [0.1, 0.15) is 10.6 Å². The van der Waals surface area contributed by atoms with Crippen molar-refractivity contribution in [1.82, 2.24) is 14.7 Å². The Hall–Kier alpha value is -3.23. The minimum Gasteiger partial charge on any atom is -0.332 e. The van der Waals surface area contributed by atoms with Crippen molar-refractivity contribution >= 4 is 50.7 Å². The zero-order valence-electron chi connectivity index (χ0n) is 16.7. The van der Waals surface area contributed by atoms with Gasteiger partial charge in [0.05, 0.1) is 22.8 Å². The van der Waals surface area contributed by atoms with E-state index in [4.69, 9.17) is 11.6 Å². The number of amides is 2. The number of anilines is 1. The van der Waals surface area contributed by atoms with E-state index in [-0.39, 0.29) is 24.2 Å². The number of halogens is 2. The number of hydrogen-bond acceptors (Lipinski definition) is 4. The van der Waals surface area contributed by atoms with Crippen molar-refractivity contribution in [3.05, 3.63) is 76.0 Å². The Balaban J connectivity index is 1.52. The molecular weight excluding hydrogens is 439 g/mol. The summed E-state index contributed by atoms with van der Waals surface area (Å²) in [5, 5.41) is 8.58. The standard InChI is InChI=1S/C22H18ClFN4O2S/c1-13-18-11-19(31-22(18)28(26-13)17-8-6-15(24)7-9-17)21(30)27(2)12-20(29)25-16-5-3-4-14(23)10-16/h3-11H,12H2,1-2H3,(H,25,29). The lowest BCUT2D eigenvalue weighted by Crippen LogP contribution is -2.34. The Labute approximate surface area is 186 Å². The van der Waals surface area contributed by atoms with E-state index in [9.17, 15) is 14.0 Å². The fourth-order valence-electron chi connectivity index (χ4n) is 3.15. The molecule has 0 radical (unpaired) electrons. The smallest absolute Gasteiger partial charge is 0.264 e. The third-order valence-corrected chi connectivity index (χ3v) is 6.00. The fourth-order valence-corrected chi connectivity index (χ4v) is 4.52. The molecule has 0 atom stereocenters. The minimum absolute atomic E-state index is 0.108. The summed E-state index contributed by atoms with van der Waals surface area (Å²) in [6.07, 6.45) is 0. The Morgan fingerprint density at radius 2 is 1.94 bits per heavy atom. The summed E-state index contributed by atoms with van der Waals surface area (Å²) < 4.78 is 15.0. The molecular formula is C22H18ClFN4O2S. The molecule has 0 saturated carbocycles. The van der Waals surface area contributed by atoms with Crippen LogP contribution in [0.2, 0.25) is 5.02 Å². The van der Waals surface area contributed by atoms with Gasteiger partial charge in [-0.1, -0.05) is 17.7 Å². The highest BCUT2D eigenvalue weighted by atomic mass is 35.5. The molecule has 0 aliphatic rings. The molecule has 0 aliphatic heterocycles. The topological polar surface area (TPSA) is 67.2 Å². The maximum atomic E-state index is 13.3. The Bertz CT molecular complexity index is 1280. The maximum Gasteiger partial charge on any atom is 0.264 e. The maximum absolute atomic E-state index is 13.3. The van der Waals surface area contributed by atoms with Gasteiger partial charge >= 0.3 is 0 Å². The second-order valence-corrected chi connectivity index (χ2v) is 8.49. The van der Waals surface area contributed by atoms with Crippen LogP contribution in [0.15, 0.2) is 54.6 Å². The molecule has 0 saturated heterocycles. The van der Waals surface area contributed by atoms with E-state index in [0.717, 1.165) is 15.9 Å². The summed E-state index contributed by atoms with van der Waals surface area (Å²) >= 11 is 7.21. The molecule has 31 heavy (non-hydrogen) atoms. The molecule has 0 unspecified atom stereocenters. The monoisotopic (exact) mass is 456 g/mol. The molecule has 4 rings (SSSR count). The number of hydrogen-bond donors (Lipinski definition) is 1. The van der Waals surface area contributed by atoms with Crippen molar-refractivity contribution in [3.63, 3.8) is 0 Å². The van der Waals surface area contributed by atoms with Crippen LogP contribution in [0.25, 0.3) is 15.9 Å². The Morgan fingerprint density at radius 3 is 2.65 bits per heavy atom. The average molecular weight is 457 g/mol. The van der Waals surface area contributed by atoms with E-state index >= 15 is 0 Å². The number of carbonyl (C=O) groups excluding carboxylic acids is 2. The van der Waals surface area contributed by atoms with Gasteiger partial charge < -0.3 is 10.2 Å². The van der Waals surface area contributed by atoms with Gasteiger partial charge in [0, 0.05) is 23.1 Å². The average Bonchev–Trinajstić information content (AvgIpc) is 3.28. The Kier molecular flexibility index (Phi) is 5.75. The summed E-state index contributed by atoms with van der Waals surface area (Å²) in [7, 11) is 1.57. The first-order valence-corrected chi connectivity index (χ1v) is 10.6. The van der Waals surface area contributed by atoms with E-state index in [1.54, 1.807) is 54.2 Å². The van der Waals surface area contributed by atoms with Crippen LogP contribution in [0.1, 0.15) is 15.4 Å². The van der Waals surface area contributed by atoms with Crippen molar-refractivity contribution in [2.75, 3.05) is 18.9 Å². The number of nitrogens with one attached hydrogen (secondary N) is 1. The minimum atomic E-state index is -0.330. The molecule has 2 aromatic carbocycles. The van der Waals surface area contributed by atoms with E-state index < -0.39 is 0 Å². The third-order valence-electron chi connectivity index (χ3n) is 4.66. The van der Waals surface area contributed by atoms with Gasteiger partial charge in [-0.3, -0.25) is 9.59 Å². The first-order chi connectivity index (χ1) is 14.8. The molecule has 1 N–H and O–H groups in total. The van der Waals surface area contributed by atoms with Gasteiger partial charge in [-0.15, -0.1) is 11.3 Å². The summed E-state index contributed by atoms with van der Waals surface area (Å²) in [5.41, 5.74) is 2.03. The zero-order chi connectivity index (χ0) is 22.1. The van der Waals surface area contributed by atoms with Crippen molar-refractivity contribution in [3.8, 4) is 5.69 Å². The number of rotatable bonds is 5. The molecule has 9 heteroatoms. The number of carbonyl (C=O) groups is 2. The highest BCUT2D eigenvalue weighted by molar-refractivity contribution is 7.20. The van der Waals surface area contributed by atoms with E-state index in [1.807, 2.05) is 6.92 Å². The fraction of sp³-hybridized carbons (Fsp3) is 0.136. The van der Waals surface area contributed by atoms with Crippen molar-refractivity contribution < 1.29 is 14.0 Å². The van der Waals surface area contributed by atoms with Crippen LogP contribution < -0.4 is 5.32 Å². The molecule has 0 bridgehead atoms. The van der Waals surface area contributed by atoms with Crippen molar-refractivity contribution in [1.29, 1.82) is 0 Å². The van der Waals surface area contributed by atoms with Crippen LogP contribution in [0.5, 0.6) is 0 Å². The number of thiophene rings is 1. The van der Waals surface area contributed by atoms with E-state index in [2.05, 4.69) is 10.4 Å².